The standard InChI is InChI=1S/C24H21FN6O2/c25-17-11-19-20(12-21(17)31-9-8-26-14-31)30-23(29-19)22-18(6-7-27-24(22)33)28-16(13-32)10-15-4-2-1-3-5-15/h1-9,11-12,14,16,32H,10,13H2,(H,29,30)(H2,27,28,33)/t16-/m0/s1. The maximum Gasteiger partial charge on any atom is 0.261 e. The molecule has 0 aliphatic carbocycles. The number of benzene rings is 2. The van der Waals surface area contributed by atoms with Gasteiger partial charge in [0, 0.05) is 24.7 Å². The molecule has 0 saturated carbocycles. The van der Waals surface area contributed by atoms with Crippen molar-refractivity contribution in [2.45, 2.75) is 12.5 Å². The first-order valence-electron chi connectivity index (χ1n) is 10.4. The lowest BCUT2D eigenvalue weighted by molar-refractivity contribution is 0.274. The number of imidazole rings is 2. The van der Waals surface area contributed by atoms with Gasteiger partial charge in [-0.3, -0.25) is 4.79 Å². The van der Waals surface area contributed by atoms with Crippen LogP contribution in [0.25, 0.3) is 28.1 Å². The molecule has 3 heterocycles. The van der Waals surface area contributed by atoms with Gasteiger partial charge in [-0.15, -0.1) is 0 Å². The maximum atomic E-state index is 14.7. The Hall–Kier alpha value is -4.24. The van der Waals surface area contributed by atoms with E-state index in [2.05, 4.69) is 25.3 Å². The molecule has 3 aromatic heterocycles. The molecule has 5 aromatic rings. The Balaban J connectivity index is 1.52. The summed E-state index contributed by atoms with van der Waals surface area (Å²) in [6.07, 6.45) is 6.82. The molecular formula is C24H21FN6O2. The van der Waals surface area contributed by atoms with Crippen molar-refractivity contribution in [3.63, 3.8) is 0 Å². The number of anilines is 1. The number of aliphatic hydroxyl groups is 1. The number of aliphatic hydroxyl groups excluding tert-OH is 1. The van der Waals surface area contributed by atoms with Crippen molar-refractivity contribution in [1.82, 2.24) is 24.5 Å². The van der Waals surface area contributed by atoms with Crippen LogP contribution in [-0.2, 0) is 6.42 Å². The molecule has 0 saturated heterocycles. The van der Waals surface area contributed by atoms with E-state index in [0.29, 0.717) is 34.7 Å². The van der Waals surface area contributed by atoms with E-state index in [1.807, 2.05) is 30.3 Å². The highest BCUT2D eigenvalue weighted by Gasteiger charge is 2.18. The Bertz CT molecular complexity index is 1440. The predicted octanol–water partition coefficient (Wildman–Crippen LogP) is 3.26. The lowest BCUT2D eigenvalue weighted by Crippen LogP contribution is -2.28. The molecule has 0 fully saturated rings. The Morgan fingerprint density at radius 1 is 1.18 bits per heavy atom. The van der Waals surface area contributed by atoms with Crippen LogP contribution < -0.4 is 10.9 Å². The number of nitrogens with one attached hydrogen (secondary N) is 3. The van der Waals surface area contributed by atoms with Crippen molar-refractivity contribution in [3.8, 4) is 17.1 Å². The molecule has 9 heteroatoms. The number of fused-ring (bicyclic) bond motifs is 1. The number of aromatic amines is 2. The first kappa shape index (κ1) is 20.7. The Morgan fingerprint density at radius 3 is 2.79 bits per heavy atom. The number of H-pyrrole nitrogens is 2. The van der Waals surface area contributed by atoms with Gasteiger partial charge >= 0.3 is 0 Å². The van der Waals surface area contributed by atoms with E-state index < -0.39 is 5.82 Å². The fourth-order valence-corrected chi connectivity index (χ4v) is 3.85. The van der Waals surface area contributed by atoms with Crippen molar-refractivity contribution in [2.75, 3.05) is 11.9 Å². The second kappa shape index (κ2) is 8.71. The van der Waals surface area contributed by atoms with Crippen LogP contribution >= 0.6 is 0 Å². The highest BCUT2D eigenvalue weighted by atomic mass is 19.1. The highest BCUT2D eigenvalue weighted by Crippen LogP contribution is 2.27. The number of pyridine rings is 1. The Kier molecular flexibility index (Phi) is 5.45. The van der Waals surface area contributed by atoms with Gasteiger partial charge < -0.3 is 25.0 Å². The van der Waals surface area contributed by atoms with Crippen LogP contribution in [0.2, 0.25) is 0 Å². The van der Waals surface area contributed by atoms with Gasteiger partial charge in [-0.2, -0.15) is 0 Å². The number of hydrogen-bond acceptors (Lipinski definition) is 5. The van der Waals surface area contributed by atoms with Gasteiger partial charge in [-0.05, 0) is 24.1 Å². The summed E-state index contributed by atoms with van der Waals surface area (Å²) in [6, 6.07) is 14.1. The first-order chi connectivity index (χ1) is 16.1. The molecule has 5 rings (SSSR count). The minimum Gasteiger partial charge on any atom is -0.394 e. The molecule has 33 heavy (non-hydrogen) atoms. The second-order valence-electron chi connectivity index (χ2n) is 7.69. The summed E-state index contributed by atoms with van der Waals surface area (Å²) in [5.41, 5.74) is 2.79. The van der Waals surface area contributed by atoms with E-state index >= 15 is 0 Å². The zero-order chi connectivity index (χ0) is 22.8. The Morgan fingerprint density at radius 2 is 2.03 bits per heavy atom. The molecule has 0 aliphatic heterocycles. The third-order valence-corrected chi connectivity index (χ3v) is 5.44. The average Bonchev–Trinajstić information content (AvgIpc) is 3.48. The molecule has 0 bridgehead atoms. The van der Waals surface area contributed by atoms with Crippen molar-refractivity contribution < 1.29 is 9.50 Å². The fourth-order valence-electron chi connectivity index (χ4n) is 3.85. The van der Waals surface area contributed by atoms with Crippen LogP contribution in [0.3, 0.4) is 0 Å². The summed E-state index contributed by atoms with van der Waals surface area (Å²) < 4.78 is 16.2. The molecule has 0 amide bonds. The van der Waals surface area contributed by atoms with Gasteiger partial charge in [-0.25, -0.2) is 14.4 Å². The third-order valence-electron chi connectivity index (χ3n) is 5.44. The molecule has 0 spiro atoms. The minimum absolute atomic E-state index is 0.124. The minimum atomic E-state index is -0.456. The average molecular weight is 444 g/mol. The summed E-state index contributed by atoms with van der Waals surface area (Å²) in [7, 11) is 0. The van der Waals surface area contributed by atoms with Crippen molar-refractivity contribution in [3.05, 3.63) is 95.2 Å². The smallest absolute Gasteiger partial charge is 0.261 e. The second-order valence-corrected chi connectivity index (χ2v) is 7.69. The van der Waals surface area contributed by atoms with E-state index in [9.17, 15) is 14.3 Å². The van der Waals surface area contributed by atoms with Crippen LogP contribution in [-0.4, -0.2) is 42.3 Å². The fraction of sp³-hybridized carbons (Fsp3) is 0.125. The van der Waals surface area contributed by atoms with Crippen LogP contribution in [0.15, 0.2) is 78.2 Å². The Labute approximate surface area is 187 Å². The SMILES string of the molecule is O=c1[nH]ccc(N[C@H](CO)Cc2ccccc2)c1-c1nc2cc(F)c(-n3ccnc3)cc2[nH]1. The van der Waals surface area contributed by atoms with Gasteiger partial charge in [0.25, 0.3) is 5.56 Å². The molecule has 1 atom stereocenters. The molecule has 8 nitrogen and oxygen atoms in total. The van der Waals surface area contributed by atoms with Crippen molar-refractivity contribution in [1.29, 1.82) is 0 Å². The lowest BCUT2D eigenvalue weighted by Gasteiger charge is -2.19. The number of hydrogen-bond donors (Lipinski definition) is 4. The first-order valence-corrected chi connectivity index (χ1v) is 10.4. The molecular weight excluding hydrogens is 423 g/mol. The molecule has 0 radical (unpaired) electrons. The van der Waals surface area contributed by atoms with Gasteiger partial charge in [-0.1, -0.05) is 30.3 Å². The van der Waals surface area contributed by atoms with Gasteiger partial charge in [0.1, 0.15) is 17.2 Å². The van der Waals surface area contributed by atoms with Crippen LogP contribution in [0.1, 0.15) is 5.56 Å². The predicted molar refractivity (Wildman–Crippen MR) is 124 cm³/mol. The monoisotopic (exact) mass is 444 g/mol. The quantitative estimate of drug-likeness (QED) is 0.308. The third kappa shape index (κ3) is 4.13. The molecule has 0 aliphatic rings. The van der Waals surface area contributed by atoms with Crippen molar-refractivity contribution >= 4 is 16.7 Å². The largest absolute Gasteiger partial charge is 0.394 e. The molecule has 2 aromatic carbocycles. The zero-order valence-electron chi connectivity index (χ0n) is 17.5. The van der Waals surface area contributed by atoms with E-state index in [1.165, 1.54) is 18.6 Å². The molecule has 166 valence electrons. The zero-order valence-corrected chi connectivity index (χ0v) is 17.5. The number of rotatable bonds is 7. The number of aromatic nitrogens is 5. The summed E-state index contributed by atoms with van der Waals surface area (Å²) in [6.45, 7) is -0.124. The van der Waals surface area contributed by atoms with Gasteiger partial charge in [0.2, 0.25) is 0 Å². The van der Waals surface area contributed by atoms with Crippen LogP contribution in [0.5, 0.6) is 0 Å². The lowest BCUT2D eigenvalue weighted by atomic mass is 10.1. The van der Waals surface area contributed by atoms with E-state index in [1.54, 1.807) is 29.1 Å². The summed E-state index contributed by atoms with van der Waals surface area (Å²) >= 11 is 0. The summed E-state index contributed by atoms with van der Waals surface area (Å²) in [5.74, 6) is -0.157. The molecule has 0 unspecified atom stereocenters. The number of nitrogens with zero attached hydrogens (tertiary/aromatic N) is 3. The van der Waals surface area contributed by atoms with E-state index in [4.69, 9.17) is 0 Å². The summed E-state index contributed by atoms with van der Waals surface area (Å²) in [5, 5.41) is 13.2. The van der Waals surface area contributed by atoms with Crippen LogP contribution in [0, 0.1) is 5.82 Å². The van der Waals surface area contributed by atoms with E-state index in [-0.39, 0.29) is 23.8 Å². The highest BCUT2D eigenvalue weighted by molar-refractivity contribution is 5.84. The van der Waals surface area contributed by atoms with Crippen LogP contribution in [0.4, 0.5) is 10.1 Å². The normalized spacial score (nSPS) is 12.2. The summed E-state index contributed by atoms with van der Waals surface area (Å²) in [4.78, 5) is 27.0. The number of halogens is 1. The maximum absolute atomic E-state index is 14.7. The van der Waals surface area contributed by atoms with Crippen molar-refractivity contribution in [2.24, 2.45) is 0 Å². The van der Waals surface area contributed by atoms with Gasteiger partial charge in [0.05, 0.1) is 41.4 Å². The van der Waals surface area contributed by atoms with E-state index in [0.717, 1.165) is 5.56 Å². The topological polar surface area (TPSA) is 112 Å². The van der Waals surface area contributed by atoms with Gasteiger partial charge in [0.15, 0.2) is 0 Å². The molecule has 4 N–H and O–H groups in total.